The number of aryl methyl sites for hydroxylation is 1. The Kier molecular flexibility index (Phi) is 5.95. The van der Waals surface area contributed by atoms with Crippen molar-refractivity contribution in [1.82, 2.24) is 34.4 Å². The average molecular weight is 545 g/mol. The maximum atomic E-state index is 13.6. The first-order chi connectivity index (χ1) is 18.3. The molecule has 0 unspecified atom stereocenters. The Labute approximate surface area is 218 Å². The molecule has 14 heteroatoms. The molecule has 0 aliphatic carbocycles. The topological polar surface area (TPSA) is 103 Å². The van der Waals surface area contributed by atoms with E-state index in [0.717, 1.165) is 18.7 Å². The molecule has 1 saturated heterocycles. The van der Waals surface area contributed by atoms with Crippen molar-refractivity contribution in [2.75, 3.05) is 18.4 Å². The molecule has 0 spiro atoms. The minimum atomic E-state index is -4.55. The molecule has 10 nitrogen and oxygen atoms in total. The molecule has 0 saturated carbocycles. The maximum Gasteiger partial charge on any atom is 0.416 e. The fraction of sp³-hybridized carbons (Fsp3) is 0.250. The van der Waals surface area contributed by atoms with E-state index in [4.69, 9.17) is 21.1 Å². The van der Waals surface area contributed by atoms with Gasteiger partial charge in [-0.3, -0.25) is 4.98 Å². The normalized spacial score (nSPS) is 15.9. The van der Waals surface area contributed by atoms with E-state index >= 15 is 0 Å². The Hall–Kier alpha value is -4.10. The minimum Gasteiger partial charge on any atom is -0.489 e. The Morgan fingerprint density at radius 1 is 1.16 bits per heavy atom. The van der Waals surface area contributed by atoms with Crippen LogP contribution in [-0.4, -0.2) is 48.3 Å². The van der Waals surface area contributed by atoms with Crippen molar-refractivity contribution in [3.05, 3.63) is 59.8 Å². The first-order valence-corrected chi connectivity index (χ1v) is 12.0. The highest BCUT2D eigenvalue weighted by atomic mass is 35.5. The predicted molar refractivity (Wildman–Crippen MR) is 133 cm³/mol. The average Bonchev–Trinajstić information content (AvgIpc) is 3.61. The number of benzene rings is 1. The largest absolute Gasteiger partial charge is 0.489 e. The second-order valence-electron chi connectivity index (χ2n) is 8.72. The number of hydrogen-bond donors (Lipinski definition) is 2. The number of anilines is 2. The van der Waals surface area contributed by atoms with Gasteiger partial charge in [0.1, 0.15) is 27.9 Å². The number of aromatic nitrogens is 6. The van der Waals surface area contributed by atoms with Crippen LogP contribution in [0.3, 0.4) is 0 Å². The fourth-order valence-electron chi connectivity index (χ4n) is 4.26. The van der Waals surface area contributed by atoms with E-state index < -0.39 is 11.7 Å². The third-order valence-electron chi connectivity index (χ3n) is 6.12. The second kappa shape index (κ2) is 9.33. The zero-order chi connectivity index (χ0) is 26.4. The van der Waals surface area contributed by atoms with Crippen molar-refractivity contribution in [3.8, 4) is 17.2 Å². The van der Waals surface area contributed by atoms with Gasteiger partial charge in [-0.15, -0.1) is 0 Å². The molecule has 1 fully saturated rings. The summed E-state index contributed by atoms with van der Waals surface area (Å²) in [7, 11) is 1.67. The van der Waals surface area contributed by atoms with E-state index in [-0.39, 0.29) is 39.9 Å². The van der Waals surface area contributed by atoms with Crippen molar-refractivity contribution in [1.29, 1.82) is 0 Å². The zero-order valence-corrected chi connectivity index (χ0v) is 20.6. The van der Waals surface area contributed by atoms with Crippen LogP contribution in [0.15, 0.2) is 49.2 Å². The summed E-state index contributed by atoms with van der Waals surface area (Å²) in [6.45, 7) is 1.33. The molecule has 1 aliphatic rings. The predicted octanol–water partition coefficient (Wildman–Crippen LogP) is 4.96. The number of rotatable bonds is 6. The number of hydrogen-bond acceptors (Lipinski definition) is 8. The van der Waals surface area contributed by atoms with E-state index in [9.17, 15) is 13.2 Å². The quantitative estimate of drug-likeness (QED) is 0.309. The van der Waals surface area contributed by atoms with E-state index in [1.807, 2.05) is 0 Å². The summed E-state index contributed by atoms with van der Waals surface area (Å²) in [5.74, 6) is 1.03. The van der Waals surface area contributed by atoms with Gasteiger partial charge in [0.25, 0.3) is 0 Å². The van der Waals surface area contributed by atoms with Crippen LogP contribution in [0, 0.1) is 0 Å². The number of halogens is 4. The van der Waals surface area contributed by atoms with Gasteiger partial charge in [0, 0.05) is 37.7 Å². The third-order valence-corrected chi connectivity index (χ3v) is 6.49. The molecular formula is C24H20ClF3N8O2. The third kappa shape index (κ3) is 4.54. The maximum absolute atomic E-state index is 13.6. The monoisotopic (exact) mass is 544 g/mol. The molecule has 196 valence electrons. The highest BCUT2D eigenvalue weighted by Crippen LogP contribution is 2.38. The first-order valence-electron chi connectivity index (χ1n) is 11.6. The molecule has 6 rings (SSSR count). The summed E-state index contributed by atoms with van der Waals surface area (Å²) in [5, 5.41) is 10.5. The van der Waals surface area contributed by atoms with Crippen LogP contribution >= 0.6 is 11.6 Å². The van der Waals surface area contributed by atoms with Crippen molar-refractivity contribution < 1.29 is 22.6 Å². The molecule has 1 aromatic carbocycles. The van der Waals surface area contributed by atoms with Crippen molar-refractivity contribution in [2.24, 2.45) is 7.05 Å². The molecule has 5 aromatic rings. The molecule has 5 heterocycles. The summed E-state index contributed by atoms with van der Waals surface area (Å²) in [6.07, 6.45) is 3.79. The number of ether oxygens (including phenoxy) is 2. The summed E-state index contributed by atoms with van der Waals surface area (Å²) in [4.78, 5) is 12.8. The Morgan fingerprint density at radius 2 is 2.03 bits per heavy atom. The van der Waals surface area contributed by atoms with Gasteiger partial charge < -0.3 is 24.7 Å². The fourth-order valence-corrected chi connectivity index (χ4v) is 4.56. The number of nitrogens with one attached hydrogen (secondary N) is 2. The van der Waals surface area contributed by atoms with Crippen molar-refractivity contribution >= 4 is 39.9 Å². The zero-order valence-electron chi connectivity index (χ0n) is 19.8. The summed E-state index contributed by atoms with van der Waals surface area (Å²) >= 11 is 6.67. The highest BCUT2D eigenvalue weighted by molar-refractivity contribution is 6.36. The van der Waals surface area contributed by atoms with Crippen LogP contribution < -0.4 is 20.1 Å². The second-order valence-corrected chi connectivity index (χ2v) is 9.10. The number of nitrogens with zero attached hydrogens (tertiary/aromatic N) is 6. The van der Waals surface area contributed by atoms with E-state index in [2.05, 4.69) is 30.7 Å². The molecule has 4 aromatic heterocycles. The highest BCUT2D eigenvalue weighted by Gasteiger charge is 2.32. The Balaban J connectivity index is 1.33. The molecule has 1 aliphatic heterocycles. The molecule has 0 bridgehead atoms. The van der Waals surface area contributed by atoms with Gasteiger partial charge in [-0.2, -0.15) is 23.3 Å². The van der Waals surface area contributed by atoms with Crippen molar-refractivity contribution in [2.45, 2.75) is 18.7 Å². The summed E-state index contributed by atoms with van der Waals surface area (Å²) in [5.41, 5.74) is 0.672. The number of alkyl halides is 3. The lowest BCUT2D eigenvalue weighted by Crippen LogP contribution is -2.20. The summed E-state index contributed by atoms with van der Waals surface area (Å²) < 4.78 is 55.8. The van der Waals surface area contributed by atoms with Gasteiger partial charge in [-0.25, -0.2) is 9.50 Å². The van der Waals surface area contributed by atoms with Gasteiger partial charge in [-0.1, -0.05) is 11.6 Å². The lowest BCUT2D eigenvalue weighted by Gasteiger charge is -2.17. The van der Waals surface area contributed by atoms with Gasteiger partial charge in [0.2, 0.25) is 5.95 Å². The van der Waals surface area contributed by atoms with Crippen LogP contribution in [0.2, 0.25) is 5.02 Å². The number of pyridine rings is 1. The lowest BCUT2D eigenvalue weighted by molar-refractivity contribution is -0.137. The number of fused-ring (bicyclic) bond motifs is 2. The molecule has 2 N–H and O–H groups in total. The molecule has 0 amide bonds. The van der Waals surface area contributed by atoms with E-state index in [1.54, 1.807) is 34.7 Å². The minimum absolute atomic E-state index is 0.115. The number of imidazole rings is 1. The first kappa shape index (κ1) is 24.2. The van der Waals surface area contributed by atoms with Crippen LogP contribution in [0.5, 0.6) is 17.2 Å². The smallest absolute Gasteiger partial charge is 0.416 e. The lowest BCUT2D eigenvalue weighted by atomic mass is 10.1. The van der Waals surface area contributed by atoms with Crippen LogP contribution in [0.1, 0.15) is 12.0 Å². The molecular weight excluding hydrogens is 525 g/mol. The van der Waals surface area contributed by atoms with Crippen molar-refractivity contribution in [3.63, 3.8) is 0 Å². The Bertz CT molecular complexity index is 1650. The van der Waals surface area contributed by atoms with Gasteiger partial charge in [0.15, 0.2) is 17.1 Å². The van der Waals surface area contributed by atoms with E-state index in [0.29, 0.717) is 29.7 Å². The van der Waals surface area contributed by atoms with Crippen LogP contribution in [0.4, 0.5) is 24.8 Å². The summed E-state index contributed by atoms with van der Waals surface area (Å²) in [6, 6.07) is 3.51. The molecule has 0 radical (unpaired) electrons. The van der Waals surface area contributed by atoms with Gasteiger partial charge in [0.05, 0.1) is 24.2 Å². The van der Waals surface area contributed by atoms with Crippen LogP contribution in [0.25, 0.3) is 16.7 Å². The van der Waals surface area contributed by atoms with Gasteiger partial charge >= 0.3 is 6.18 Å². The molecule has 38 heavy (non-hydrogen) atoms. The Morgan fingerprint density at radius 3 is 2.82 bits per heavy atom. The van der Waals surface area contributed by atoms with Crippen LogP contribution in [-0.2, 0) is 13.2 Å². The SMILES string of the molecule is Cn1c(Nc2cc(O[C@H]3CCNC3)cc(C(F)(F)F)c2)nc2ncc(Oc3cnn4ccncc34)c(Cl)c21. The van der Waals surface area contributed by atoms with Gasteiger partial charge in [-0.05, 0) is 25.1 Å². The molecule has 1 atom stereocenters. The van der Waals surface area contributed by atoms with E-state index in [1.165, 1.54) is 18.5 Å². The standard InChI is InChI=1S/C24H20ClF3N8O2/c1-35-21-20(25)19(38-18-12-32-36-5-4-30-10-17(18)36)11-31-22(21)34-23(35)33-14-6-13(24(26,27)28)7-16(8-14)37-15-2-3-29-9-15/h4-8,10-12,15,29H,2-3,9H2,1H3,(H,31,33,34)/t15-/m0/s1.